The molecule has 0 aromatic carbocycles. The normalized spacial score (nSPS) is 36.6. The standard InChI is InChI=1S/C13H19N3/c1-2-10-5-9(1)6-13(10)16-8-15-11-7-14-4-3-12(11)16/h8-10,13-14H,1-7H2. The number of aromatic nitrogens is 2. The zero-order valence-corrected chi connectivity index (χ0v) is 9.65. The first-order valence-corrected chi connectivity index (χ1v) is 6.67. The van der Waals surface area contributed by atoms with E-state index in [1.54, 1.807) is 0 Å². The van der Waals surface area contributed by atoms with Gasteiger partial charge in [0.15, 0.2) is 0 Å². The van der Waals surface area contributed by atoms with Gasteiger partial charge in [0.25, 0.3) is 0 Å². The SMILES string of the molecule is c1nc2c(n1C1CC3CCC1C3)CCNC2. The van der Waals surface area contributed by atoms with Crippen LogP contribution in [0, 0.1) is 11.8 Å². The van der Waals surface area contributed by atoms with E-state index in [2.05, 4.69) is 21.2 Å². The summed E-state index contributed by atoms with van der Waals surface area (Å²) >= 11 is 0. The van der Waals surface area contributed by atoms with Crippen LogP contribution in [0.25, 0.3) is 0 Å². The molecule has 0 amide bonds. The number of nitrogens with zero attached hydrogens (tertiary/aromatic N) is 2. The van der Waals surface area contributed by atoms with Crippen LogP contribution in [-0.2, 0) is 13.0 Å². The number of rotatable bonds is 1. The maximum Gasteiger partial charge on any atom is 0.0954 e. The predicted octanol–water partition coefficient (Wildman–Crippen LogP) is 1.89. The molecule has 1 aromatic heterocycles. The van der Waals surface area contributed by atoms with Crippen LogP contribution in [0.15, 0.2) is 6.33 Å². The van der Waals surface area contributed by atoms with E-state index >= 15 is 0 Å². The Morgan fingerprint density at radius 3 is 3.12 bits per heavy atom. The van der Waals surface area contributed by atoms with Gasteiger partial charge in [-0.2, -0.15) is 0 Å². The van der Waals surface area contributed by atoms with Crippen molar-refractivity contribution in [1.29, 1.82) is 0 Å². The van der Waals surface area contributed by atoms with Crippen LogP contribution in [0.3, 0.4) is 0 Å². The average molecular weight is 217 g/mol. The molecule has 2 aliphatic carbocycles. The molecule has 3 nitrogen and oxygen atoms in total. The molecule has 3 aliphatic rings. The van der Waals surface area contributed by atoms with Crippen LogP contribution in [-0.4, -0.2) is 16.1 Å². The Bertz CT molecular complexity index is 409. The van der Waals surface area contributed by atoms with Crippen LogP contribution in [0.1, 0.15) is 43.1 Å². The van der Waals surface area contributed by atoms with Crippen LogP contribution in [0.5, 0.6) is 0 Å². The highest BCUT2D eigenvalue weighted by Crippen LogP contribution is 2.51. The maximum absolute atomic E-state index is 4.59. The van der Waals surface area contributed by atoms with Crippen LogP contribution in [0.2, 0.25) is 0 Å². The molecule has 2 heterocycles. The molecule has 4 rings (SSSR count). The predicted molar refractivity (Wildman–Crippen MR) is 62.1 cm³/mol. The quantitative estimate of drug-likeness (QED) is 0.778. The van der Waals surface area contributed by atoms with Crippen molar-refractivity contribution in [2.24, 2.45) is 11.8 Å². The Kier molecular flexibility index (Phi) is 1.92. The zero-order chi connectivity index (χ0) is 10.5. The molecular weight excluding hydrogens is 198 g/mol. The fraction of sp³-hybridized carbons (Fsp3) is 0.769. The maximum atomic E-state index is 4.59. The summed E-state index contributed by atoms with van der Waals surface area (Å²) < 4.78 is 2.53. The topological polar surface area (TPSA) is 29.9 Å². The van der Waals surface area contributed by atoms with Gasteiger partial charge in [0.1, 0.15) is 0 Å². The number of hydrogen-bond donors (Lipinski definition) is 1. The van der Waals surface area contributed by atoms with Crippen molar-refractivity contribution in [2.75, 3.05) is 6.54 Å². The Hall–Kier alpha value is -0.830. The van der Waals surface area contributed by atoms with Crippen molar-refractivity contribution in [3.8, 4) is 0 Å². The number of fused-ring (bicyclic) bond motifs is 3. The van der Waals surface area contributed by atoms with E-state index in [9.17, 15) is 0 Å². The summed E-state index contributed by atoms with van der Waals surface area (Å²) in [7, 11) is 0. The molecule has 16 heavy (non-hydrogen) atoms. The molecule has 3 heteroatoms. The van der Waals surface area contributed by atoms with Gasteiger partial charge in [0.2, 0.25) is 0 Å². The lowest BCUT2D eigenvalue weighted by Crippen LogP contribution is -2.27. The van der Waals surface area contributed by atoms with Crippen molar-refractivity contribution in [2.45, 2.75) is 44.7 Å². The summed E-state index contributed by atoms with van der Waals surface area (Å²) in [6.07, 6.45) is 9.13. The molecule has 2 saturated carbocycles. The van der Waals surface area contributed by atoms with Gasteiger partial charge in [-0.3, -0.25) is 0 Å². The third-order valence-electron chi connectivity index (χ3n) is 4.87. The van der Waals surface area contributed by atoms with E-state index in [1.165, 1.54) is 43.5 Å². The Morgan fingerprint density at radius 1 is 1.31 bits per heavy atom. The van der Waals surface area contributed by atoms with E-state index in [0.29, 0.717) is 0 Å². The lowest BCUT2D eigenvalue weighted by Gasteiger charge is -2.26. The van der Waals surface area contributed by atoms with Gasteiger partial charge in [-0.1, -0.05) is 6.42 Å². The molecule has 1 aromatic rings. The fourth-order valence-electron chi connectivity index (χ4n) is 4.10. The summed E-state index contributed by atoms with van der Waals surface area (Å²) in [5.41, 5.74) is 2.82. The third-order valence-corrected chi connectivity index (χ3v) is 4.87. The van der Waals surface area contributed by atoms with E-state index in [1.807, 2.05) is 0 Å². The summed E-state index contributed by atoms with van der Waals surface area (Å²) in [5.74, 6) is 1.98. The average Bonchev–Trinajstić information content (AvgIpc) is 3.03. The van der Waals surface area contributed by atoms with Crippen molar-refractivity contribution in [1.82, 2.24) is 14.9 Å². The van der Waals surface area contributed by atoms with E-state index in [4.69, 9.17) is 0 Å². The molecule has 86 valence electrons. The van der Waals surface area contributed by atoms with Crippen LogP contribution < -0.4 is 5.32 Å². The summed E-state index contributed by atoms with van der Waals surface area (Å²) in [6.45, 7) is 2.10. The van der Waals surface area contributed by atoms with Crippen molar-refractivity contribution in [3.63, 3.8) is 0 Å². The Balaban J connectivity index is 1.69. The minimum atomic E-state index is 0.785. The largest absolute Gasteiger partial charge is 0.331 e. The number of nitrogens with one attached hydrogen (secondary N) is 1. The van der Waals surface area contributed by atoms with Gasteiger partial charge in [-0.15, -0.1) is 0 Å². The minimum absolute atomic E-state index is 0.785. The van der Waals surface area contributed by atoms with Gasteiger partial charge in [0.05, 0.1) is 12.0 Å². The molecule has 0 radical (unpaired) electrons. The second kappa shape index (κ2) is 3.33. The van der Waals surface area contributed by atoms with Gasteiger partial charge in [0, 0.05) is 31.2 Å². The molecule has 2 bridgehead atoms. The van der Waals surface area contributed by atoms with E-state index in [0.717, 1.165) is 31.0 Å². The fourth-order valence-corrected chi connectivity index (χ4v) is 4.10. The molecule has 2 fully saturated rings. The second-order valence-corrected chi connectivity index (χ2v) is 5.71. The second-order valence-electron chi connectivity index (χ2n) is 5.71. The van der Waals surface area contributed by atoms with Gasteiger partial charge in [-0.05, 0) is 31.1 Å². The highest BCUT2D eigenvalue weighted by Gasteiger charge is 2.41. The molecule has 3 unspecified atom stereocenters. The van der Waals surface area contributed by atoms with Gasteiger partial charge in [-0.25, -0.2) is 4.98 Å². The lowest BCUT2D eigenvalue weighted by atomic mass is 9.94. The molecule has 0 saturated heterocycles. The smallest absolute Gasteiger partial charge is 0.0954 e. The van der Waals surface area contributed by atoms with Crippen LogP contribution in [0.4, 0.5) is 0 Å². The van der Waals surface area contributed by atoms with E-state index < -0.39 is 0 Å². The number of hydrogen-bond acceptors (Lipinski definition) is 2. The monoisotopic (exact) mass is 217 g/mol. The van der Waals surface area contributed by atoms with Crippen molar-refractivity contribution >= 4 is 0 Å². The van der Waals surface area contributed by atoms with Crippen LogP contribution >= 0.6 is 0 Å². The lowest BCUT2D eigenvalue weighted by molar-refractivity contribution is 0.321. The Morgan fingerprint density at radius 2 is 2.31 bits per heavy atom. The highest BCUT2D eigenvalue weighted by atomic mass is 15.1. The number of imidazole rings is 1. The van der Waals surface area contributed by atoms with Crippen molar-refractivity contribution in [3.05, 3.63) is 17.7 Å². The van der Waals surface area contributed by atoms with E-state index in [-0.39, 0.29) is 0 Å². The summed E-state index contributed by atoms with van der Waals surface area (Å²) in [6, 6.07) is 0.785. The summed E-state index contributed by atoms with van der Waals surface area (Å²) in [5, 5.41) is 3.40. The highest BCUT2D eigenvalue weighted by molar-refractivity contribution is 5.18. The van der Waals surface area contributed by atoms with Gasteiger partial charge >= 0.3 is 0 Å². The first-order chi connectivity index (χ1) is 7.92. The molecule has 1 N–H and O–H groups in total. The molecule has 1 aliphatic heterocycles. The first-order valence-electron chi connectivity index (χ1n) is 6.67. The Labute approximate surface area is 96.3 Å². The first kappa shape index (κ1) is 9.23. The molecular formula is C13H19N3. The van der Waals surface area contributed by atoms with Gasteiger partial charge < -0.3 is 9.88 Å². The molecule has 0 spiro atoms. The summed E-state index contributed by atoms with van der Waals surface area (Å²) in [4.78, 5) is 4.59. The minimum Gasteiger partial charge on any atom is -0.331 e. The van der Waals surface area contributed by atoms with Crippen molar-refractivity contribution < 1.29 is 0 Å². The zero-order valence-electron chi connectivity index (χ0n) is 9.65. The molecule has 3 atom stereocenters. The third kappa shape index (κ3) is 1.21.